The molecule has 3 rings (SSSR count). The number of rotatable bonds is 9. The van der Waals surface area contributed by atoms with Crippen LogP contribution in [0.15, 0.2) is 83.3 Å². The van der Waals surface area contributed by atoms with Gasteiger partial charge in [0, 0.05) is 31.2 Å². The minimum absolute atomic E-state index is 0.00812. The van der Waals surface area contributed by atoms with Crippen LogP contribution < -0.4 is 4.72 Å². The molecule has 1 spiro atoms. The molecular formula is C29H38N4O2PS+. The number of nitrogens with zero attached hydrogens (tertiary/aromatic N) is 3. The van der Waals surface area contributed by atoms with Crippen molar-refractivity contribution < 1.29 is 9.53 Å². The number of likely N-dealkylation sites (tertiary alicyclic amines) is 1. The van der Waals surface area contributed by atoms with Gasteiger partial charge in [-0.2, -0.15) is 5.26 Å². The smallest absolute Gasteiger partial charge is 0.324 e. The Morgan fingerprint density at radius 2 is 2.03 bits per heavy atom. The molecule has 0 aromatic carbocycles. The molecule has 1 aliphatic heterocycles. The maximum atomic E-state index is 13.8. The second-order valence-corrected chi connectivity index (χ2v) is 13.2. The van der Waals surface area contributed by atoms with Crippen LogP contribution in [0.25, 0.3) is 0 Å². The lowest BCUT2D eigenvalue weighted by Crippen LogP contribution is -2.39. The highest BCUT2D eigenvalue weighted by atomic mass is 32.7. The van der Waals surface area contributed by atoms with Gasteiger partial charge >= 0.3 is 6.03 Å². The SMILES string of the molecule is C=C/C=C(/C)CO/C(C)=C/C=C1\C(=C/C)C2(CCCC2)CN1C(=O)N(C)Cc1cc[p+](SNC#N)cc1. The highest BCUT2D eigenvalue weighted by Gasteiger charge is 2.48. The largest absolute Gasteiger partial charge is 0.494 e. The normalized spacial score (nSPS) is 19.4. The summed E-state index contributed by atoms with van der Waals surface area (Å²) in [6.07, 6.45) is 16.5. The number of ether oxygens (including phenoxy) is 1. The molecule has 0 unspecified atom stereocenters. The van der Waals surface area contributed by atoms with Gasteiger partial charge in [0.15, 0.2) is 6.19 Å². The van der Waals surface area contributed by atoms with E-state index in [-0.39, 0.29) is 11.4 Å². The second-order valence-electron chi connectivity index (χ2n) is 9.65. The zero-order valence-electron chi connectivity index (χ0n) is 22.4. The molecule has 1 aliphatic carbocycles. The third-order valence-electron chi connectivity index (χ3n) is 6.90. The van der Waals surface area contributed by atoms with Crippen LogP contribution in [-0.2, 0) is 11.3 Å². The molecule has 6 nitrogen and oxygen atoms in total. The summed E-state index contributed by atoms with van der Waals surface area (Å²) in [7, 11) is 1.87. The summed E-state index contributed by atoms with van der Waals surface area (Å²) in [6, 6.07) is 4.13. The number of nitrogens with one attached hydrogen (secondary N) is 1. The van der Waals surface area contributed by atoms with Crippen LogP contribution in [0.2, 0.25) is 0 Å². The van der Waals surface area contributed by atoms with Gasteiger partial charge in [0.1, 0.15) is 18.2 Å². The Morgan fingerprint density at radius 3 is 2.65 bits per heavy atom. The first-order chi connectivity index (χ1) is 17.8. The van der Waals surface area contributed by atoms with Crippen LogP contribution >= 0.6 is 18.3 Å². The number of amides is 2. The Morgan fingerprint density at radius 1 is 1.32 bits per heavy atom. The number of nitriles is 1. The zero-order chi connectivity index (χ0) is 26.8. The van der Waals surface area contributed by atoms with E-state index in [9.17, 15) is 4.79 Å². The predicted molar refractivity (Wildman–Crippen MR) is 155 cm³/mol. The molecule has 1 saturated heterocycles. The Labute approximate surface area is 227 Å². The van der Waals surface area contributed by atoms with Gasteiger partial charge in [0.05, 0.1) is 5.76 Å². The van der Waals surface area contributed by atoms with E-state index in [1.165, 1.54) is 30.0 Å². The van der Waals surface area contributed by atoms with E-state index in [0.717, 1.165) is 42.0 Å². The van der Waals surface area contributed by atoms with E-state index in [1.54, 1.807) is 11.0 Å². The number of urea groups is 1. The Balaban J connectivity index is 1.80. The topological polar surface area (TPSA) is 68.6 Å². The molecule has 0 radical (unpaired) electrons. The Hall–Kier alpha value is -2.94. The molecule has 37 heavy (non-hydrogen) atoms. The van der Waals surface area contributed by atoms with Crippen molar-refractivity contribution in [2.24, 2.45) is 5.41 Å². The van der Waals surface area contributed by atoms with Crippen molar-refractivity contribution >= 4 is 24.3 Å². The molecule has 1 aromatic rings. The Bertz CT molecular complexity index is 1140. The van der Waals surface area contributed by atoms with Crippen molar-refractivity contribution in [3.8, 4) is 6.19 Å². The summed E-state index contributed by atoms with van der Waals surface area (Å²) in [4.78, 5) is 17.5. The van der Waals surface area contributed by atoms with Gasteiger partial charge in [0.25, 0.3) is 0 Å². The summed E-state index contributed by atoms with van der Waals surface area (Å²) in [6.45, 7) is 11.0. The summed E-state index contributed by atoms with van der Waals surface area (Å²) in [5.41, 5.74) is 4.47. The van der Waals surface area contributed by atoms with Crippen LogP contribution in [0.3, 0.4) is 0 Å². The predicted octanol–water partition coefficient (Wildman–Crippen LogP) is 7.75. The lowest BCUT2D eigenvalue weighted by atomic mass is 9.80. The molecule has 2 aliphatic rings. The third-order valence-corrected chi connectivity index (χ3v) is 9.81. The van der Waals surface area contributed by atoms with Crippen molar-refractivity contribution in [1.82, 2.24) is 14.5 Å². The van der Waals surface area contributed by atoms with Gasteiger partial charge in [-0.3, -0.25) is 4.90 Å². The van der Waals surface area contributed by atoms with E-state index >= 15 is 0 Å². The van der Waals surface area contributed by atoms with Gasteiger partial charge < -0.3 is 9.64 Å². The fourth-order valence-electron chi connectivity index (χ4n) is 5.13. The molecule has 1 N–H and O–H groups in total. The van der Waals surface area contributed by atoms with E-state index in [1.807, 2.05) is 44.1 Å². The van der Waals surface area contributed by atoms with E-state index in [2.05, 4.69) is 54.1 Å². The van der Waals surface area contributed by atoms with E-state index < -0.39 is 6.74 Å². The molecule has 0 atom stereocenters. The van der Waals surface area contributed by atoms with Crippen LogP contribution in [0.4, 0.5) is 4.79 Å². The fraction of sp³-hybridized carbons (Fsp3) is 0.414. The van der Waals surface area contributed by atoms with Crippen LogP contribution in [-0.4, -0.2) is 36.0 Å². The molecule has 8 heteroatoms. The van der Waals surface area contributed by atoms with Crippen molar-refractivity contribution in [3.05, 3.63) is 88.9 Å². The first kappa shape index (κ1) is 28.6. The highest BCUT2D eigenvalue weighted by molar-refractivity contribution is 8.51. The average molecular weight is 538 g/mol. The average Bonchev–Trinajstić information content (AvgIpc) is 3.49. The zero-order valence-corrected chi connectivity index (χ0v) is 24.1. The number of allylic oxidation sites excluding steroid dienone is 7. The maximum absolute atomic E-state index is 13.8. The van der Waals surface area contributed by atoms with Crippen molar-refractivity contribution in [2.45, 2.75) is 53.0 Å². The molecule has 2 heterocycles. The van der Waals surface area contributed by atoms with Gasteiger partial charge in [-0.15, -0.1) is 0 Å². The molecule has 196 valence electrons. The fourth-order valence-corrected chi connectivity index (χ4v) is 7.34. The number of carbonyl (C=O) groups is 1. The Kier molecular flexibility index (Phi) is 10.5. The van der Waals surface area contributed by atoms with Gasteiger partial charge in [-0.25, -0.2) is 9.52 Å². The lowest BCUT2D eigenvalue weighted by molar-refractivity contribution is 0.171. The van der Waals surface area contributed by atoms with Crippen LogP contribution in [0, 0.1) is 16.9 Å². The molecule has 1 aromatic heterocycles. The number of carbonyl (C=O) groups excluding carboxylic acids is 1. The molecule has 2 fully saturated rings. The minimum Gasteiger partial charge on any atom is -0.494 e. The maximum Gasteiger partial charge on any atom is 0.324 e. The summed E-state index contributed by atoms with van der Waals surface area (Å²) in [5.74, 6) is 5.01. The van der Waals surface area contributed by atoms with Crippen molar-refractivity contribution in [3.63, 3.8) is 0 Å². The third kappa shape index (κ3) is 7.31. The van der Waals surface area contributed by atoms with Crippen molar-refractivity contribution in [1.29, 1.82) is 5.26 Å². The van der Waals surface area contributed by atoms with Gasteiger partial charge in [0.2, 0.25) is 18.3 Å². The number of hydrogen-bond donors (Lipinski definition) is 1. The first-order valence-electron chi connectivity index (χ1n) is 12.6. The molecular weight excluding hydrogens is 499 g/mol. The van der Waals surface area contributed by atoms with Gasteiger partial charge in [-0.1, -0.05) is 37.6 Å². The van der Waals surface area contributed by atoms with Crippen LogP contribution in [0.5, 0.6) is 0 Å². The standard InChI is InChI=1S/C29H38N4O2PS/c1-6-10-23(3)20-35-24(4)11-12-27-26(7-2)29(15-8-9-16-29)21-33(27)28(34)32(5)19-25-13-17-36(18-14-25)37-31-22-30/h6-7,10-14,17-18,31H,1,8-9,15-16,19-21H2,2-5H3/q+1/b23-10-,24-11+,26-7+,27-12+. The van der Waals surface area contributed by atoms with E-state index in [0.29, 0.717) is 13.2 Å². The number of hydrogen-bond acceptors (Lipinski definition) is 5. The summed E-state index contributed by atoms with van der Waals surface area (Å²) < 4.78 is 8.55. The minimum atomic E-state index is -0.556. The van der Waals surface area contributed by atoms with Gasteiger partial charge in [-0.05, 0) is 74.6 Å². The second kappa shape index (κ2) is 13.6. The summed E-state index contributed by atoms with van der Waals surface area (Å²) >= 11 is 1.41. The molecule has 0 bridgehead atoms. The molecule has 2 amide bonds. The molecule has 1 saturated carbocycles. The highest BCUT2D eigenvalue weighted by Crippen LogP contribution is 2.53. The van der Waals surface area contributed by atoms with Crippen LogP contribution in [0.1, 0.15) is 52.0 Å². The quantitative estimate of drug-likeness (QED) is 0.115. The van der Waals surface area contributed by atoms with Crippen molar-refractivity contribution in [2.75, 3.05) is 20.2 Å². The lowest BCUT2D eigenvalue weighted by Gasteiger charge is -2.27. The summed E-state index contributed by atoms with van der Waals surface area (Å²) in [5, 5.41) is 8.71. The van der Waals surface area contributed by atoms with E-state index in [4.69, 9.17) is 10.00 Å². The monoisotopic (exact) mass is 537 g/mol. The first-order valence-corrected chi connectivity index (χ1v) is 15.5.